The number of rotatable bonds is 4. The van der Waals surface area contributed by atoms with E-state index in [2.05, 4.69) is 10.3 Å². The third-order valence-corrected chi connectivity index (χ3v) is 3.03. The second kappa shape index (κ2) is 5.62. The van der Waals surface area contributed by atoms with E-state index in [1.165, 1.54) is 6.07 Å². The topological polar surface area (TPSA) is 105 Å². The van der Waals surface area contributed by atoms with Gasteiger partial charge in [-0.1, -0.05) is 6.07 Å². The van der Waals surface area contributed by atoms with Gasteiger partial charge in [0.1, 0.15) is 5.82 Å². The predicted octanol–water partition coefficient (Wildman–Crippen LogP) is 2.24. The molecule has 108 valence electrons. The molecular weight excluding hydrogens is 270 g/mol. The maximum atomic E-state index is 11.4. The molecule has 2 aromatic rings. The summed E-state index contributed by atoms with van der Waals surface area (Å²) in [6.07, 6.45) is 0. The number of hydrogen-bond acceptors (Lipinski definition) is 4. The van der Waals surface area contributed by atoms with E-state index in [4.69, 9.17) is 10.8 Å². The summed E-state index contributed by atoms with van der Waals surface area (Å²) in [7, 11) is 0. The number of amides is 1. The number of hydrogen-bond donors (Lipinski definition) is 3. The smallest absolute Gasteiger partial charge is 0.336 e. The van der Waals surface area contributed by atoms with Crippen LogP contribution < -0.4 is 11.1 Å². The first kappa shape index (κ1) is 14.5. The van der Waals surface area contributed by atoms with Gasteiger partial charge in [0.25, 0.3) is 5.91 Å². The molecule has 0 aliphatic carbocycles. The molecule has 2 rings (SSSR count). The third-order valence-electron chi connectivity index (χ3n) is 3.03. The lowest BCUT2D eigenvalue weighted by atomic mass is 10.1. The van der Waals surface area contributed by atoms with Gasteiger partial charge in [-0.25, -0.2) is 9.78 Å². The molecule has 1 heterocycles. The van der Waals surface area contributed by atoms with Gasteiger partial charge in [-0.3, -0.25) is 4.79 Å². The van der Waals surface area contributed by atoms with Crippen LogP contribution in [0.15, 0.2) is 30.3 Å². The van der Waals surface area contributed by atoms with Crippen LogP contribution in [0.5, 0.6) is 0 Å². The van der Waals surface area contributed by atoms with E-state index < -0.39 is 11.9 Å². The number of aryl methyl sites for hydroxylation is 2. The summed E-state index contributed by atoms with van der Waals surface area (Å²) < 4.78 is 0. The monoisotopic (exact) mass is 285 g/mol. The Morgan fingerprint density at radius 2 is 1.86 bits per heavy atom. The molecule has 0 aliphatic heterocycles. The zero-order chi connectivity index (χ0) is 15.6. The first-order valence-electron chi connectivity index (χ1n) is 6.27. The minimum atomic E-state index is -1.01. The second-order valence-corrected chi connectivity index (χ2v) is 4.67. The average Bonchev–Trinajstić information content (AvgIpc) is 2.40. The predicted molar refractivity (Wildman–Crippen MR) is 78.9 cm³/mol. The van der Waals surface area contributed by atoms with E-state index in [1.807, 2.05) is 0 Å². The van der Waals surface area contributed by atoms with Crippen molar-refractivity contribution in [1.82, 2.24) is 4.98 Å². The second-order valence-electron chi connectivity index (χ2n) is 4.67. The fraction of sp³-hybridized carbons (Fsp3) is 0.133. The number of anilines is 2. The Morgan fingerprint density at radius 3 is 2.48 bits per heavy atom. The zero-order valence-electron chi connectivity index (χ0n) is 11.7. The van der Waals surface area contributed by atoms with E-state index in [0.29, 0.717) is 22.8 Å². The van der Waals surface area contributed by atoms with Crippen molar-refractivity contribution >= 4 is 23.4 Å². The highest BCUT2D eigenvalue weighted by atomic mass is 16.4. The molecule has 1 aromatic heterocycles. The van der Waals surface area contributed by atoms with Crippen LogP contribution in [0.25, 0.3) is 0 Å². The van der Waals surface area contributed by atoms with Gasteiger partial charge >= 0.3 is 5.97 Å². The molecule has 0 unspecified atom stereocenters. The van der Waals surface area contributed by atoms with Gasteiger partial charge in [0.05, 0.1) is 11.1 Å². The summed E-state index contributed by atoms with van der Waals surface area (Å²) in [5, 5.41) is 12.1. The number of carboxylic acids is 1. The summed E-state index contributed by atoms with van der Waals surface area (Å²) in [5.41, 5.74) is 7.64. The van der Waals surface area contributed by atoms with Gasteiger partial charge in [-0.05, 0) is 43.7 Å². The highest BCUT2D eigenvalue weighted by molar-refractivity contribution is 5.98. The maximum Gasteiger partial charge on any atom is 0.336 e. The van der Waals surface area contributed by atoms with Gasteiger partial charge in [-0.15, -0.1) is 0 Å². The lowest BCUT2D eigenvalue weighted by molar-refractivity contribution is 0.0696. The number of nitrogens with zero attached hydrogens (tertiary/aromatic N) is 1. The fourth-order valence-electron chi connectivity index (χ4n) is 1.92. The summed E-state index contributed by atoms with van der Waals surface area (Å²) in [4.78, 5) is 26.8. The summed E-state index contributed by atoms with van der Waals surface area (Å²) >= 11 is 0. The van der Waals surface area contributed by atoms with Gasteiger partial charge < -0.3 is 16.2 Å². The Labute approximate surface area is 121 Å². The maximum absolute atomic E-state index is 11.4. The van der Waals surface area contributed by atoms with Gasteiger partial charge in [0, 0.05) is 11.4 Å². The van der Waals surface area contributed by atoms with Crippen LogP contribution in [0.2, 0.25) is 0 Å². The molecule has 0 saturated heterocycles. The van der Waals surface area contributed by atoms with Crippen molar-refractivity contribution in [3.8, 4) is 0 Å². The molecule has 0 aliphatic rings. The number of carbonyl (C=O) groups is 2. The number of carboxylic acid groups (broad SMARTS) is 1. The molecule has 0 bridgehead atoms. The molecule has 0 fully saturated rings. The first-order chi connectivity index (χ1) is 9.88. The van der Waals surface area contributed by atoms with Crippen molar-refractivity contribution < 1.29 is 14.7 Å². The van der Waals surface area contributed by atoms with E-state index in [0.717, 1.165) is 0 Å². The van der Waals surface area contributed by atoms with Crippen molar-refractivity contribution in [2.75, 3.05) is 5.32 Å². The Morgan fingerprint density at radius 1 is 1.14 bits per heavy atom. The molecule has 21 heavy (non-hydrogen) atoms. The molecular formula is C15H15N3O3. The molecule has 0 spiro atoms. The highest BCUT2D eigenvalue weighted by Gasteiger charge is 2.12. The molecule has 1 aromatic carbocycles. The van der Waals surface area contributed by atoms with Crippen LogP contribution in [-0.2, 0) is 0 Å². The average molecular weight is 285 g/mol. The van der Waals surface area contributed by atoms with Crippen LogP contribution >= 0.6 is 0 Å². The van der Waals surface area contributed by atoms with Crippen molar-refractivity contribution in [3.05, 3.63) is 52.7 Å². The Bertz CT molecular complexity index is 726. The first-order valence-corrected chi connectivity index (χ1v) is 6.27. The van der Waals surface area contributed by atoms with E-state index >= 15 is 0 Å². The van der Waals surface area contributed by atoms with Crippen LogP contribution in [0.1, 0.15) is 32.0 Å². The molecule has 1 amide bonds. The summed E-state index contributed by atoms with van der Waals surface area (Å²) in [6, 6.07) is 8.16. The summed E-state index contributed by atoms with van der Waals surface area (Å²) in [5.74, 6) is -1.30. The normalized spacial score (nSPS) is 10.2. The minimum absolute atomic E-state index is 0.188. The number of pyridine rings is 1. The van der Waals surface area contributed by atoms with E-state index in [-0.39, 0.29) is 11.1 Å². The summed E-state index contributed by atoms with van der Waals surface area (Å²) in [6.45, 7) is 3.50. The molecule has 4 N–H and O–H groups in total. The molecule has 6 heteroatoms. The lowest BCUT2D eigenvalue weighted by Crippen LogP contribution is -2.14. The van der Waals surface area contributed by atoms with E-state index in [9.17, 15) is 9.59 Å². The van der Waals surface area contributed by atoms with Crippen molar-refractivity contribution in [2.45, 2.75) is 13.8 Å². The Hall–Kier alpha value is -2.89. The lowest BCUT2D eigenvalue weighted by Gasteiger charge is -2.11. The number of nitrogens with two attached hydrogens (primary N) is 1. The van der Waals surface area contributed by atoms with Crippen LogP contribution in [-0.4, -0.2) is 22.0 Å². The minimum Gasteiger partial charge on any atom is -0.478 e. The third kappa shape index (κ3) is 3.17. The number of benzene rings is 1. The Balaban J connectivity index is 2.43. The van der Waals surface area contributed by atoms with Crippen molar-refractivity contribution in [1.29, 1.82) is 0 Å². The number of carbonyl (C=O) groups excluding carboxylic acids is 1. The Kier molecular flexibility index (Phi) is 3.89. The fourth-order valence-corrected chi connectivity index (χ4v) is 1.92. The number of primary amides is 1. The van der Waals surface area contributed by atoms with Gasteiger partial charge in [-0.2, -0.15) is 0 Å². The van der Waals surface area contributed by atoms with Crippen molar-refractivity contribution in [2.24, 2.45) is 5.73 Å². The zero-order valence-corrected chi connectivity index (χ0v) is 11.7. The molecule has 6 nitrogen and oxygen atoms in total. The van der Waals surface area contributed by atoms with Crippen LogP contribution in [0.3, 0.4) is 0 Å². The largest absolute Gasteiger partial charge is 0.478 e. The molecule has 0 saturated carbocycles. The van der Waals surface area contributed by atoms with Gasteiger partial charge in [0.15, 0.2) is 0 Å². The quantitative estimate of drug-likeness (QED) is 0.799. The number of aromatic carboxylic acids is 1. The molecule has 0 radical (unpaired) electrons. The SMILES string of the molecule is Cc1ccc(C(N)=O)c(Nc2ccc(C)c(C(=O)O)c2)n1. The van der Waals surface area contributed by atoms with Crippen molar-refractivity contribution in [3.63, 3.8) is 0 Å². The van der Waals surface area contributed by atoms with E-state index in [1.54, 1.807) is 38.1 Å². The van der Waals surface area contributed by atoms with Gasteiger partial charge in [0.2, 0.25) is 0 Å². The number of aromatic nitrogens is 1. The van der Waals surface area contributed by atoms with Crippen LogP contribution in [0, 0.1) is 13.8 Å². The van der Waals surface area contributed by atoms with Crippen LogP contribution in [0.4, 0.5) is 11.5 Å². The standard InChI is InChI=1S/C15H15N3O3/c1-8-3-5-10(7-12(8)15(20)21)18-14-11(13(16)19)6-4-9(2)17-14/h3-7H,1-2H3,(H2,16,19)(H,17,18)(H,20,21). The molecule has 0 atom stereocenters. The number of nitrogens with one attached hydrogen (secondary N) is 1. The highest BCUT2D eigenvalue weighted by Crippen LogP contribution is 2.22.